The zero-order valence-corrected chi connectivity index (χ0v) is 10.4. The molecule has 0 aliphatic rings. The highest BCUT2D eigenvalue weighted by atomic mass is 35.5. The molecule has 3 nitrogen and oxygen atoms in total. The van der Waals surface area contributed by atoms with E-state index in [-0.39, 0.29) is 0 Å². The number of rotatable bonds is 4. The highest BCUT2D eigenvalue weighted by molar-refractivity contribution is 6.17. The van der Waals surface area contributed by atoms with Crippen LogP contribution in [0, 0.1) is 0 Å². The molecule has 2 aromatic heterocycles. The van der Waals surface area contributed by atoms with E-state index in [9.17, 15) is 0 Å². The van der Waals surface area contributed by atoms with Crippen LogP contribution in [0.5, 0.6) is 0 Å². The van der Waals surface area contributed by atoms with Crippen LogP contribution in [-0.2, 0) is 12.4 Å². The first-order chi connectivity index (χ1) is 8.31. The number of hydrogen-bond acceptors (Lipinski definition) is 3. The fourth-order valence-corrected chi connectivity index (χ4v) is 1.95. The van der Waals surface area contributed by atoms with Gasteiger partial charge >= 0.3 is 0 Å². The van der Waals surface area contributed by atoms with Gasteiger partial charge < -0.3 is 4.90 Å². The summed E-state index contributed by atoms with van der Waals surface area (Å²) >= 11 is 5.90. The van der Waals surface area contributed by atoms with E-state index in [2.05, 4.69) is 20.9 Å². The van der Waals surface area contributed by atoms with Gasteiger partial charge in [-0.2, -0.15) is 0 Å². The normalized spacial score (nSPS) is 10.2. The first-order valence-corrected chi connectivity index (χ1v) is 5.93. The molecular weight excluding hydrogens is 234 g/mol. The van der Waals surface area contributed by atoms with Gasteiger partial charge in [0.2, 0.25) is 0 Å². The van der Waals surface area contributed by atoms with E-state index in [4.69, 9.17) is 11.6 Å². The lowest BCUT2D eigenvalue weighted by Crippen LogP contribution is -2.17. The standard InChI is InChI=1S/C13H14ClN3/c1-17(10-11-3-2-5-15-8-11)13-4-6-16-9-12(13)7-14/h2-6,8-9H,7,10H2,1H3. The Hall–Kier alpha value is -1.61. The number of hydrogen-bond donors (Lipinski definition) is 0. The first-order valence-electron chi connectivity index (χ1n) is 5.40. The third-order valence-electron chi connectivity index (χ3n) is 2.58. The van der Waals surface area contributed by atoms with E-state index in [1.165, 1.54) is 5.56 Å². The Morgan fingerprint density at radius 3 is 2.71 bits per heavy atom. The molecule has 0 aliphatic heterocycles. The Bertz CT molecular complexity index is 473. The summed E-state index contributed by atoms with van der Waals surface area (Å²) in [6, 6.07) is 5.98. The van der Waals surface area contributed by atoms with E-state index >= 15 is 0 Å². The van der Waals surface area contributed by atoms with Crippen molar-refractivity contribution >= 4 is 17.3 Å². The third-order valence-corrected chi connectivity index (χ3v) is 2.86. The van der Waals surface area contributed by atoms with Crippen LogP contribution >= 0.6 is 11.6 Å². The monoisotopic (exact) mass is 247 g/mol. The lowest BCUT2D eigenvalue weighted by atomic mass is 10.2. The number of alkyl halides is 1. The SMILES string of the molecule is CN(Cc1cccnc1)c1ccncc1CCl. The van der Waals surface area contributed by atoms with Crippen molar-refractivity contribution in [1.29, 1.82) is 0 Å². The summed E-state index contributed by atoms with van der Waals surface area (Å²) in [6.45, 7) is 0.807. The van der Waals surface area contributed by atoms with E-state index in [0.29, 0.717) is 5.88 Å². The van der Waals surface area contributed by atoms with Gasteiger partial charge in [-0.1, -0.05) is 6.07 Å². The second-order valence-corrected chi connectivity index (χ2v) is 4.12. The second-order valence-electron chi connectivity index (χ2n) is 3.86. The summed E-state index contributed by atoms with van der Waals surface area (Å²) in [7, 11) is 2.04. The molecule has 0 fully saturated rings. The van der Waals surface area contributed by atoms with Gasteiger partial charge in [0.25, 0.3) is 0 Å². The van der Waals surface area contributed by atoms with Crippen LogP contribution in [0.1, 0.15) is 11.1 Å². The predicted molar refractivity (Wildman–Crippen MR) is 70.1 cm³/mol. The minimum Gasteiger partial charge on any atom is -0.370 e. The fourth-order valence-electron chi connectivity index (χ4n) is 1.75. The summed E-state index contributed by atoms with van der Waals surface area (Å²) in [5, 5.41) is 0. The summed E-state index contributed by atoms with van der Waals surface area (Å²) in [4.78, 5) is 10.3. The van der Waals surface area contributed by atoms with E-state index in [1.807, 2.05) is 31.6 Å². The maximum Gasteiger partial charge on any atom is 0.0509 e. The van der Waals surface area contributed by atoms with Crippen molar-refractivity contribution in [2.45, 2.75) is 12.4 Å². The molecule has 0 N–H and O–H groups in total. The van der Waals surface area contributed by atoms with Gasteiger partial charge in [-0.05, 0) is 17.7 Å². The minimum atomic E-state index is 0.473. The Balaban J connectivity index is 2.17. The molecule has 0 saturated heterocycles. The molecule has 0 bridgehead atoms. The van der Waals surface area contributed by atoms with Crippen LogP contribution in [0.3, 0.4) is 0 Å². The zero-order valence-electron chi connectivity index (χ0n) is 9.68. The number of nitrogens with zero attached hydrogens (tertiary/aromatic N) is 3. The fraction of sp³-hybridized carbons (Fsp3) is 0.231. The molecule has 2 rings (SSSR count). The van der Waals surface area contributed by atoms with Crippen molar-refractivity contribution in [3.8, 4) is 0 Å². The van der Waals surface area contributed by atoms with Crippen molar-refractivity contribution < 1.29 is 0 Å². The maximum absolute atomic E-state index is 5.90. The van der Waals surface area contributed by atoms with Crippen molar-refractivity contribution in [2.24, 2.45) is 0 Å². The van der Waals surface area contributed by atoms with Crippen molar-refractivity contribution in [3.05, 3.63) is 54.1 Å². The first kappa shape index (κ1) is 11.9. The van der Waals surface area contributed by atoms with Gasteiger partial charge in [0.1, 0.15) is 0 Å². The van der Waals surface area contributed by atoms with E-state index in [1.54, 1.807) is 12.4 Å². The van der Waals surface area contributed by atoms with Gasteiger partial charge in [-0.25, -0.2) is 0 Å². The van der Waals surface area contributed by atoms with E-state index < -0.39 is 0 Å². The topological polar surface area (TPSA) is 29.0 Å². The summed E-state index contributed by atoms with van der Waals surface area (Å²) in [6.07, 6.45) is 7.24. The number of halogens is 1. The average Bonchev–Trinajstić information content (AvgIpc) is 2.40. The second kappa shape index (κ2) is 5.64. The maximum atomic E-state index is 5.90. The largest absolute Gasteiger partial charge is 0.370 e. The predicted octanol–water partition coefficient (Wildman–Crippen LogP) is 2.85. The van der Waals surface area contributed by atoms with Gasteiger partial charge in [0.05, 0.1) is 5.88 Å². The lowest BCUT2D eigenvalue weighted by Gasteiger charge is -2.21. The van der Waals surface area contributed by atoms with Gasteiger partial charge in [-0.15, -0.1) is 11.6 Å². The highest BCUT2D eigenvalue weighted by Crippen LogP contribution is 2.21. The Morgan fingerprint density at radius 1 is 1.18 bits per heavy atom. The van der Waals surface area contributed by atoms with Crippen LogP contribution in [0.15, 0.2) is 43.0 Å². The Morgan fingerprint density at radius 2 is 2.00 bits per heavy atom. The minimum absolute atomic E-state index is 0.473. The number of anilines is 1. The summed E-state index contributed by atoms with van der Waals surface area (Å²) in [5.74, 6) is 0.473. The Labute approximate surface area is 106 Å². The number of pyridine rings is 2. The summed E-state index contributed by atoms with van der Waals surface area (Å²) < 4.78 is 0. The van der Waals surface area contributed by atoms with Crippen LogP contribution in [-0.4, -0.2) is 17.0 Å². The Kier molecular flexibility index (Phi) is 3.94. The molecule has 0 amide bonds. The molecule has 0 spiro atoms. The van der Waals surface area contributed by atoms with Gasteiger partial charge in [0.15, 0.2) is 0 Å². The van der Waals surface area contributed by atoms with Crippen molar-refractivity contribution in [3.63, 3.8) is 0 Å². The summed E-state index contributed by atoms with van der Waals surface area (Å²) in [5.41, 5.74) is 3.33. The molecular formula is C13H14ClN3. The third kappa shape index (κ3) is 2.94. The van der Waals surface area contributed by atoms with Crippen LogP contribution in [0.25, 0.3) is 0 Å². The average molecular weight is 248 g/mol. The van der Waals surface area contributed by atoms with Crippen LogP contribution < -0.4 is 4.90 Å². The van der Waals surface area contributed by atoms with Crippen molar-refractivity contribution in [1.82, 2.24) is 9.97 Å². The quantitative estimate of drug-likeness (QED) is 0.778. The highest BCUT2D eigenvalue weighted by Gasteiger charge is 2.07. The molecule has 0 atom stereocenters. The molecule has 0 aliphatic carbocycles. The molecule has 0 aromatic carbocycles. The molecule has 2 heterocycles. The van der Waals surface area contributed by atoms with E-state index in [0.717, 1.165) is 17.8 Å². The lowest BCUT2D eigenvalue weighted by molar-refractivity contribution is 0.905. The van der Waals surface area contributed by atoms with Crippen molar-refractivity contribution in [2.75, 3.05) is 11.9 Å². The number of aromatic nitrogens is 2. The molecule has 0 radical (unpaired) electrons. The molecule has 17 heavy (non-hydrogen) atoms. The molecule has 4 heteroatoms. The zero-order chi connectivity index (χ0) is 12.1. The van der Waals surface area contributed by atoms with Crippen LogP contribution in [0.4, 0.5) is 5.69 Å². The molecule has 88 valence electrons. The van der Waals surface area contributed by atoms with Crippen LogP contribution in [0.2, 0.25) is 0 Å². The van der Waals surface area contributed by atoms with Gasteiger partial charge in [0, 0.05) is 49.6 Å². The molecule has 0 unspecified atom stereocenters. The molecule has 2 aromatic rings. The smallest absolute Gasteiger partial charge is 0.0509 e. The molecule has 0 saturated carbocycles. The van der Waals surface area contributed by atoms with Gasteiger partial charge in [-0.3, -0.25) is 9.97 Å².